The molecule has 4 atom stereocenters. The predicted molar refractivity (Wildman–Crippen MR) is 62.1 cm³/mol. The Morgan fingerprint density at radius 2 is 1.42 bits per heavy atom. The highest BCUT2D eigenvalue weighted by molar-refractivity contribution is 5.89. The number of benzene rings is 1. The maximum Gasteiger partial charge on any atom is 0.335 e. The molecule has 1 aromatic carbocycles. The zero-order valence-corrected chi connectivity index (χ0v) is 9.75. The van der Waals surface area contributed by atoms with E-state index in [2.05, 4.69) is 0 Å². The fraction of sp³-hybridized carbons (Fsp3) is 0.333. The molecule has 1 rings (SSSR count). The van der Waals surface area contributed by atoms with Crippen LogP contribution in [0, 0.1) is 0 Å². The van der Waals surface area contributed by atoms with Gasteiger partial charge >= 0.3 is 5.97 Å². The highest BCUT2D eigenvalue weighted by Gasteiger charge is 2.37. The van der Waals surface area contributed by atoms with Crippen LogP contribution >= 0.6 is 0 Å². The van der Waals surface area contributed by atoms with Gasteiger partial charge in [-0.2, -0.15) is 0 Å². The standard InChI is InChI=1S/C12H14O7/c13-7(6-4-2-1-3-5-6)8(14)9(15)10(16)11(17)12(18)19/h1-5,7,9-11,13,15-17H,(H,18,19)/t7?,9-,10+,11+/m1/s1. The van der Waals surface area contributed by atoms with Crippen molar-refractivity contribution in [2.24, 2.45) is 0 Å². The summed E-state index contributed by atoms with van der Waals surface area (Å²) in [6.45, 7) is 0. The summed E-state index contributed by atoms with van der Waals surface area (Å²) in [5, 5.41) is 45.9. The molecule has 0 bridgehead atoms. The molecular weight excluding hydrogens is 256 g/mol. The van der Waals surface area contributed by atoms with Crippen LogP contribution in [0.1, 0.15) is 11.7 Å². The molecule has 1 unspecified atom stereocenters. The van der Waals surface area contributed by atoms with Crippen molar-refractivity contribution in [1.82, 2.24) is 0 Å². The summed E-state index contributed by atoms with van der Waals surface area (Å²) in [6.07, 6.45) is -8.46. The van der Waals surface area contributed by atoms with Crippen LogP contribution < -0.4 is 0 Å². The van der Waals surface area contributed by atoms with Crippen LogP contribution in [0.4, 0.5) is 0 Å². The van der Waals surface area contributed by atoms with Gasteiger partial charge in [0.25, 0.3) is 0 Å². The van der Waals surface area contributed by atoms with E-state index in [1.165, 1.54) is 12.1 Å². The summed E-state index contributed by atoms with van der Waals surface area (Å²) in [6, 6.07) is 7.62. The number of carboxylic acids is 1. The van der Waals surface area contributed by atoms with Crippen molar-refractivity contribution in [3.63, 3.8) is 0 Å². The van der Waals surface area contributed by atoms with Crippen LogP contribution in [0.2, 0.25) is 0 Å². The molecule has 0 saturated carbocycles. The molecule has 7 heteroatoms. The van der Waals surface area contributed by atoms with Crippen molar-refractivity contribution in [2.45, 2.75) is 24.4 Å². The lowest BCUT2D eigenvalue weighted by atomic mass is 9.97. The lowest BCUT2D eigenvalue weighted by molar-refractivity contribution is -0.163. The van der Waals surface area contributed by atoms with Gasteiger partial charge < -0.3 is 25.5 Å². The fourth-order valence-corrected chi connectivity index (χ4v) is 1.45. The zero-order valence-electron chi connectivity index (χ0n) is 9.75. The van der Waals surface area contributed by atoms with Gasteiger partial charge in [-0.05, 0) is 5.56 Å². The first kappa shape index (κ1) is 15.3. The number of rotatable bonds is 6. The minimum absolute atomic E-state index is 0.184. The Kier molecular flexibility index (Phi) is 5.13. The van der Waals surface area contributed by atoms with Gasteiger partial charge in [0, 0.05) is 0 Å². The van der Waals surface area contributed by atoms with E-state index in [-0.39, 0.29) is 5.56 Å². The second kappa shape index (κ2) is 6.39. The molecule has 104 valence electrons. The SMILES string of the molecule is O=C(O)[C@@H](O)[C@@H](O)[C@H](O)C(=O)C(O)c1ccccc1. The van der Waals surface area contributed by atoms with Crippen LogP contribution in [0.5, 0.6) is 0 Å². The Bertz CT molecular complexity index is 445. The summed E-state index contributed by atoms with van der Waals surface area (Å²) < 4.78 is 0. The number of hydrogen-bond donors (Lipinski definition) is 5. The van der Waals surface area contributed by atoms with Gasteiger partial charge in [0.15, 0.2) is 11.9 Å². The number of carbonyl (C=O) groups excluding carboxylic acids is 1. The van der Waals surface area contributed by atoms with Gasteiger partial charge in [0.2, 0.25) is 0 Å². The molecule has 0 radical (unpaired) electrons. The predicted octanol–water partition coefficient (Wildman–Crippen LogP) is -1.54. The minimum Gasteiger partial charge on any atom is -0.479 e. The average Bonchev–Trinajstić information content (AvgIpc) is 2.44. The highest BCUT2D eigenvalue weighted by Crippen LogP contribution is 2.17. The van der Waals surface area contributed by atoms with E-state index >= 15 is 0 Å². The monoisotopic (exact) mass is 270 g/mol. The smallest absolute Gasteiger partial charge is 0.335 e. The largest absolute Gasteiger partial charge is 0.479 e. The van der Waals surface area contributed by atoms with Crippen LogP contribution in [0.3, 0.4) is 0 Å². The first-order valence-corrected chi connectivity index (χ1v) is 5.40. The Morgan fingerprint density at radius 3 is 1.89 bits per heavy atom. The number of aliphatic carboxylic acids is 1. The first-order chi connectivity index (χ1) is 8.86. The Labute approximate surface area is 108 Å². The third kappa shape index (κ3) is 3.58. The molecular formula is C12H14O7. The quantitative estimate of drug-likeness (QED) is 0.422. The van der Waals surface area contributed by atoms with E-state index < -0.39 is 36.2 Å². The molecule has 7 nitrogen and oxygen atoms in total. The number of aliphatic hydroxyl groups excluding tert-OH is 4. The maximum atomic E-state index is 11.6. The highest BCUT2D eigenvalue weighted by atomic mass is 16.4. The summed E-state index contributed by atoms with van der Waals surface area (Å²) in [5.74, 6) is -2.98. The van der Waals surface area contributed by atoms with Crippen molar-refractivity contribution in [3.05, 3.63) is 35.9 Å². The van der Waals surface area contributed by atoms with Gasteiger partial charge in [-0.1, -0.05) is 30.3 Å². The molecule has 5 N–H and O–H groups in total. The molecule has 0 amide bonds. The van der Waals surface area contributed by atoms with Crippen molar-refractivity contribution >= 4 is 11.8 Å². The maximum absolute atomic E-state index is 11.6. The third-order valence-corrected chi connectivity index (χ3v) is 2.58. The van der Waals surface area contributed by atoms with Crippen LogP contribution in [-0.2, 0) is 9.59 Å². The number of Topliss-reactive ketones (excluding diaryl/α,β-unsaturated/α-hetero) is 1. The topological polar surface area (TPSA) is 135 Å². The Balaban J connectivity index is 2.80. The van der Waals surface area contributed by atoms with Crippen LogP contribution in [0.25, 0.3) is 0 Å². The molecule has 0 saturated heterocycles. The lowest BCUT2D eigenvalue weighted by Crippen LogP contribution is -2.47. The molecule has 1 aromatic rings. The van der Waals surface area contributed by atoms with E-state index in [0.717, 1.165) is 0 Å². The van der Waals surface area contributed by atoms with E-state index in [1.807, 2.05) is 0 Å². The molecule has 0 aliphatic rings. The fourth-order valence-electron chi connectivity index (χ4n) is 1.45. The molecule has 0 heterocycles. The van der Waals surface area contributed by atoms with Crippen molar-refractivity contribution in [2.75, 3.05) is 0 Å². The number of carbonyl (C=O) groups is 2. The van der Waals surface area contributed by atoms with E-state index in [4.69, 9.17) is 10.2 Å². The van der Waals surface area contributed by atoms with Crippen molar-refractivity contribution in [1.29, 1.82) is 0 Å². The second-order valence-corrected chi connectivity index (χ2v) is 3.93. The Morgan fingerprint density at radius 1 is 0.895 bits per heavy atom. The van der Waals surface area contributed by atoms with Gasteiger partial charge in [0.05, 0.1) is 0 Å². The number of aliphatic hydroxyl groups is 4. The zero-order chi connectivity index (χ0) is 14.6. The summed E-state index contributed by atoms with van der Waals surface area (Å²) in [4.78, 5) is 22.1. The number of carboxylic acid groups (broad SMARTS) is 1. The first-order valence-electron chi connectivity index (χ1n) is 5.40. The van der Waals surface area contributed by atoms with Crippen LogP contribution in [0.15, 0.2) is 30.3 Å². The van der Waals surface area contributed by atoms with Crippen molar-refractivity contribution in [3.8, 4) is 0 Å². The van der Waals surface area contributed by atoms with Crippen molar-refractivity contribution < 1.29 is 35.1 Å². The summed E-state index contributed by atoms with van der Waals surface area (Å²) >= 11 is 0. The van der Waals surface area contributed by atoms with Gasteiger partial charge in [-0.3, -0.25) is 4.79 Å². The number of ketones is 1. The van der Waals surface area contributed by atoms with Gasteiger partial charge in [-0.25, -0.2) is 4.79 Å². The third-order valence-electron chi connectivity index (χ3n) is 2.58. The van der Waals surface area contributed by atoms with E-state index in [0.29, 0.717) is 0 Å². The normalized spacial score (nSPS) is 17.3. The Hall–Kier alpha value is -1.80. The molecule has 0 spiro atoms. The summed E-state index contributed by atoms with van der Waals surface area (Å²) in [5.41, 5.74) is 0.184. The van der Waals surface area contributed by atoms with E-state index in [1.54, 1.807) is 18.2 Å². The molecule has 0 aromatic heterocycles. The number of hydrogen-bond acceptors (Lipinski definition) is 6. The van der Waals surface area contributed by atoms with Gasteiger partial charge in [-0.15, -0.1) is 0 Å². The van der Waals surface area contributed by atoms with Crippen LogP contribution in [-0.4, -0.2) is 55.6 Å². The minimum atomic E-state index is -2.32. The molecule has 0 fully saturated rings. The lowest BCUT2D eigenvalue weighted by Gasteiger charge is -2.21. The molecule has 19 heavy (non-hydrogen) atoms. The second-order valence-electron chi connectivity index (χ2n) is 3.93. The molecule has 0 aliphatic carbocycles. The molecule has 0 aliphatic heterocycles. The van der Waals surface area contributed by atoms with E-state index in [9.17, 15) is 24.9 Å². The summed E-state index contributed by atoms with van der Waals surface area (Å²) in [7, 11) is 0. The average molecular weight is 270 g/mol. The van der Waals surface area contributed by atoms with Gasteiger partial charge in [0.1, 0.15) is 18.3 Å².